The molecule has 0 aromatic heterocycles. The van der Waals surface area contributed by atoms with E-state index in [1.54, 1.807) is 24.3 Å². The van der Waals surface area contributed by atoms with Gasteiger partial charge in [0.15, 0.2) is 0 Å². The second-order valence-electron chi connectivity index (χ2n) is 8.24. The summed E-state index contributed by atoms with van der Waals surface area (Å²) in [6, 6.07) is 6.72. The highest BCUT2D eigenvalue weighted by atomic mass is 32.2. The summed E-state index contributed by atoms with van der Waals surface area (Å²) in [6.07, 6.45) is 7.33. The minimum absolute atomic E-state index is 0.125. The van der Waals surface area contributed by atoms with Crippen LogP contribution >= 0.6 is 0 Å². The lowest BCUT2D eigenvalue weighted by molar-refractivity contribution is -0.132. The molecule has 1 heterocycles. The Balaban J connectivity index is 1.49. The van der Waals surface area contributed by atoms with Crippen molar-refractivity contribution in [2.45, 2.75) is 63.2 Å². The van der Waals surface area contributed by atoms with Crippen molar-refractivity contribution < 1.29 is 18.0 Å². The van der Waals surface area contributed by atoms with Crippen LogP contribution in [0.4, 0.5) is 0 Å². The number of hydrazine groups is 1. The summed E-state index contributed by atoms with van der Waals surface area (Å²) < 4.78 is 27.1. The lowest BCUT2D eigenvalue weighted by atomic mass is 9.99. The van der Waals surface area contributed by atoms with Crippen LogP contribution in [0.3, 0.4) is 0 Å². The van der Waals surface area contributed by atoms with Gasteiger partial charge in [-0.1, -0.05) is 43.4 Å². The molecule has 160 valence electrons. The number of nitrogens with zero attached hydrogens (tertiary/aromatic N) is 1. The molecular weight excluding hydrogens is 390 g/mol. The van der Waals surface area contributed by atoms with Crippen molar-refractivity contribution in [2.24, 2.45) is 11.8 Å². The van der Waals surface area contributed by atoms with E-state index >= 15 is 0 Å². The van der Waals surface area contributed by atoms with Gasteiger partial charge in [0.05, 0.1) is 10.8 Å². The van der Waals surface area contributed by atoms with Crippen LogP contribution in [0.1, 0.15) is 56.9 Å². The molecule has 1 aliphatic heterocycles. The Kier molecular flexibility index (Phi) is 7.29. The molecule has 2 aliphatic rings. The molecule has 3 rings (SSSR count). The number of benzene rings is 1. The first-order chi connectivity index (χ1) is 13.9. The van der Waals surface area contributed by atoms with Gasteiger partial charge in [-0.3, -0.25) is 20.4 Å². The number of carbonyl (C=O) groups excluding carboxylic acids is 2. The number of nitrogens with one attached hydrogen (secondary N) is 2. The van der Waals surface area contributed by atoms with Crippen LogP contribution in [0.5, 0.6) is 0 Å². The Morgan fingerprint density at radius 2 is 1.72 bits per heavy atom. The van der Waals surface area contributed by atoms with Gasteiger partial charge in [0.25, 0.3) is 0 Å². The Labute approximate surface area is 173 Å². The summed E-state index contributed by atoms with van der Waals surface area (Å²) in [4.78, 5) is 24.7. The zero-order chi connectivity index (χ0) is 20.9. The fourth-order valence-corrected chi connectivity index (χ4v) is 5.69. The summed E-state index contributed by atoms with van der Waals surface area (Å²) in [5.74, 6) is -0.373. The maximum absolute atomic E-state index is 12.9. The maximum Gasteiger partial charge on any atom is 0.243 e. The molecule has 0 spiro atoms. The van der Waals surface area contributed by atoms with Gasteiger partial charge in [-0.2, -0.15) is 4.31 Å². The van der Waals surface area contributed by atoms with E-state index in [1.165, 1.54) is 30.0 Å². The lowest BCUT2D eigenvalue weighted by Gasteiger charge is -2.31. The van der Waals surface area contributed by atoms with Gasteiger partial charge in [-0.05, 0) is 44.2 Å². The number of hydrogen-bond acceptors (Lipinski definition) is 4. The van der Waals surface area contributed by atoms with Crippen molar-refractivity contribution in [1.82, 2.24) is 15.2 Å². The highest BCUT2D eigenvalue weighted by Crippen LogP contribution is 2.28. The molecule has 0 radical (unpaired) electrons. The molecule has 2 amide bonds. The fraction of sp³-hybridized carbons (Fsp3) is 0.619. The van der Waals surface area contributed by atoms with E-state index in [9.17, 15) is 18.0 Å². The molecule has 0 unspecified atom stereocenters. The first-order valence-corrected chi connectivity index (χ1v) is 12.0. The van der Waals surface area contributed by atoms with Gasteiger partial charge < -0.3 is 0 Å². The molecule has 0 bridgehead atoms. The normalized spacial score (nSPS) is 21.1. The number of aryl methyl sites for hydroxylation is 1. The third-order valence-electron chi connectivity index (χ3n) is 5.99. The quantitative estimate of drug-likeness (QED) is 0.690. The number of piperidine rings is 1. The minimum atomic E-state index is -3.63. The largest absolute Gasteiger partial charge is 0.273 e. The van der Waals surface area contributed by atoms with Gasteiger partial charge in [-0.15, -0.1) is 0 Å². The number of hydrogen-bond donors (Lipinski definition) is 2. The summed E-state index contributed by atoms with van der Waals surface area (Å²) in [6.45, 7) is 2.42. The molecule has 1 saturated heterocycles. The Hall–Kier alpha value is -1.93. The predicted molar refractivity (Wildman–Crippen MR) is 110 cm³/mol. The average molecular weight is 422 g/mol. The summed E-state index contributed by atoms with van der Waals surface area (Å²) in [5.41, 5.74) is 5.96. The average Bonchev–Trinajstić information content (AvgIpc) is 3.24. The smallest absolute Gasteiger partial charge is 0.243 e. The van der Waals surface area contributed by atoms with Crippen LogP contribution in [0.15, 0.2) is 29.2 Å². The van der Waals surface area contributed by atoms with E-state index in [0.29, 0.717) is 31.7 Å². The van der Waals surface area contributed by atoms with Crippen LogP contribution in [-0.2, 0) is 19.6 Å². The monoisotopic (exact) mass is 421 g/mol. The number of carbonyl (C=O) groups is 2. The number of sulfonamides is 1. The summed E-state index contributed by atoms with van der Waals surface area (Å²) in [7, 11) is -3.63. The zero-order valence-electron chi connectivity index (χ0n) is 17.0. The van der Waals surface area contributed by atoms with Gasteiger partial charge in [0.1, 0.15) is 0 Å². The second-order valence-corrected chi connectivity index (χ2v) is 10.2. The van der Waals surface area contributed by atoms with Crippen molar-refractivity contribution in [3.05, 3.63) is 29.8 Å². The maximum atomic E-state index is 12.9. The Bertz CT molecular complexity index is 817. The number of rotatable bonds is 6. The minimum Gasteiger partial charge on any atom is -0.273 e. The van der Waals surface area contributed by atoms with E-state index in [0.717, 1.165) is 12.0 Å². The van der Waals surface area contributed by atoms with E-state index in [1.807, 2.05) is 6.92 Å². The molecule has 1 saturated carbocycles. The molecule has 1 aliphatic carbocycles. The number of amides is 2. The summed E-state index contributed by atoms with van der Waals surface area (Å²) in [5, 5.41) is 0. The Morgan fingerprint density at radius 1 is 1.03 bits per heavy atom. The standard InChI is InChI=1S/C21H31N3O4S/c1-16-8-11-19(12-9-16)29(27,28)24-14-4-7-18(15-24)21(26)23-22-20(25)13-10-17-5-2-3-6-17/h8-9,11-12,17-18H,2-7,10,13-15H2,1H3,(H,22,25)(H,23,26)/t18-/m1/s1. The molecule has 1 aromatic carbocycles. The van der Waals surface area contributed by atoms with Crippen molar-refractivity contribution >= 4 is 21.8 Å². The van der Waals surface area contributed by atoms with Crippen LogP contribution in [0.2, 0.25) is 0 Å². The van der Waals surface area contributed by atoms with Crippen molar-refractivity contribution in [3.8, 4) is 0 Å². The summed E-state index contributed by atoms with van der Waals surface area (Å²) >= 11 is 0. The second kappa shape index (κ2) is 9.71. The van der Waals surface area contributed by atoms with E-state index in [2.05, 4.69) is 10.9 Å². The van der Waals surface area contributed by atoms with Crippen LogP contribution < -0.4 is 10.9 Å². The fourth-order valence-electron chi connectivity index (χ4n) is 4.16. The molecule has 2 N–H and O–H groups in total. The van der Waals surface area contributed by atoms with Crippen LogP contribution in [0, 0.1) is 18.8 Å². The molecule has 2 fully saturated rings. The first-order valence-electron chi connectivity index (χ1n) is 10.5. The van der Waals surface area contributed by atoms with Crippen LogP contribution in [0.25, 0.3) is 0 Å². The van der Waals surface area contributed by atoms with E-state index in [4.69, 9.17) is 0 Å². The Morgan fingerprint density at radius 3 is 2.41 bits per heavy atom. The van der Waals surface area contributed by atoms with Gasteiger partial charge >= 0.3 is 0 Å². The first kappa shape index (κ1) is 21.8. The van der Waals surface area contributed by atoms with Gasteiger partial charge in [-0.25, -0.2) is 8.42 Å². The predicted octanol–water partition coefficient (Wildman–Crippen LogP) is 2.51. The third-order valence-corrected chi connectivity index (χ3v) is 7.87. The molecule has 8 heteroatoms. The van der Waals surface area contributed by atoms with Crippen molar-refractivity contribution in [1.29, 1.82) is 0 Å². The molecular formula is C21H31N3O4S. The SMILES string of the molecule is Cc1ccc(S(=O)(=O)N2CCC[C@@H](C(=O)NNC(=O)CCC3CCCC3)C2)cc1. The van der Waals surface area contributed by atoms with Crippen molar-refractivity contribution in [3.63, 3.8) is 0 Å². The van der Waals surface area contributed by atoms with Gasteiger partial charge in [0, 0.05) is 19.5 Å². The highest BCUT2D eigenvalue weighted by Gasteiger charge is 2.33. The zero-order valence-corrected chi connectivity index (χ0v) is 17.8. The highest BCUT2D eigenvalue weighted by molar-refractivity contribution is 7.89. The van der Waals surface area contributed by atoms with E-state index < -0.39 is 15.9 Å². The molecule has 7 nitrogen and oxygen atoms in total. The molecule has 1 atom stereocenters. The molecule has 29 heavy (non-hydrogen) atoms. The third kappa shape index (κ3) is 5.79. The lowest BCUT2D eigenvalue weighted by Crippen LogP contribution is -2.50. The van der Waals surface area contributed by atoms with Crippen LogP contribution in [-0.4, -0.2) is 37.6 Å². The van der Waals surface area contributed by atoms with E-state index in [-0.39, 0.29) is 23.3 Å². The molecule has 1 aromatic rings. The van der Waals surface area contributed by atoms with Crippen molar-refractivity contribution in [2.75, 3.05) is 13.1 Å². The van der Waals surface area contributed by atoms with Gasteiger partial charge in [0.2, 0.25) is 21.8 Å². The topological polar surface area (TPSA) is 95.6 Å².